The summed E-state index contributed by atoms with van der Waals surface area (Å²) in [6.45, 7) is 1.50. The van der Waals surface area contributed by atoms with Crippen molar-refractivity contribution < 1.29 is 10.1 Å². The minimum atomic E-state index is 0.284. The summed E-state index contributed by atoms with van der Waals surface area (Å²) in [7, 11) is 0. The molecule has 29 heavy (non-hydrogen) atoms. The fourth-order valence-electron chi connectivity index (χ4n) is 3.50. The van der Waals surface area contributed by atoms with Crippen LogP contribution in [0.5, 0.6) is 5.75 Å². The van der Waals surface area contributed by atoms with Gasteiger partial charge in [0, 0.05) is 16.7 Å². The minimum absolute atomic E-state index is 0.284. The van der Waals surface area contributed by atoms with Crippen molar-refractivity contribution in [2.24, 2.45) is 0 Å². The highest BCUT2D eigenvalue weighted by molar-refractivity contribution is 5.30. The Morgan fingerprint density at radius 1 is 0.552 bits per heavy atom. The van der Waals surface area contributed by atoms with Crippen LogP contribution in [0.3, 0.4) is 0 Å². The highest BCUT2D eigenvalue weighted by Gasteiger charge is 2.16. The molecule has 0 heterocycles. The van der Waals surface area contributed by atoms with Crippen LogP contribution in [0.1, 0.15) is 28.3 Å². The number of hydrogen-bond acceptors (Lipinski definition) is 1. The molecular weight excluding hydrogens is 354 g/mol. The molecular formula is C27H26NO+. The largest absolute Gasteiger partial charge is 0.489 e. The third-order valence-electron chi connectivity index (χ3n) is 5.08. The normalized spacial score (nSPS) is 10.8. The first-order valence-corrected chi connectivity index (χ1v) is 10.1. The van der Waals surface area contributed by atoms with Gasteiger partial charge in [-0.05, 0) is 29.8 Å². The summed E-state index contributed by atoms with van der Waals surface area (Å²) in [4.78, 5) is 0. The second-order valence-corrected chi connectivity index (χ2v) is 7.16. The van der Waals surface area contributed by atoms with E-state index in [-0.39, 0.29) is 6.04 Å². The molecule has 0 spiro atoms. The number of benzene rings is 4. The van der Waals surface area contributed by atoms with E-state index >= 15 is 0 Å². The zero-order valence-electron chi connectivity index (χ0n) is 16.4. The van der Waals surface area contributed by atoms with Gasteiger partial charge in [-0.3, -0.25) is 0 Å². The predicted octanol–water partition coefficient (Wildman–Crippen LogP) is 5.12. The summed E-state index contributed by atoms with van der Waals surface area (Å²) in [5, 5.41) is 2.39. The van der Waals surface area contributed by atoms with Crippen LogP contribution >= 0.6 is 0 Å². The second-order valence-electron chi connectivity index (χ2n) is 7.16. The number of nitrogens with two attached hydrogens (primary N) is 1. The molecule has 0 fully saturated rings. The number of hydrogen-bond donors (Lipinski definition) is 1. The maximum absolute atomic E-state index is 5.90. The smallest absolute Gasteiger partial charge is 0.138 e. The van der Waals surface area contributed by atoms with Gasteiger partial charge >= 0.3 is 0 Å². The first-order valence-electron chi connectivity index (χ1n) is 10.1. The fourth-order valence-corrected chi connectivity index (χ4v) is 3.50. The van der Waals surface area contributed by atoms with Crippen molar-refractivity contribution in [1.82, 2.24) is 0 Å². The number of ether oxygens (including phenoxy) is 1. The third kappa shape index (κ3) is 5.34. The number of quaternary nitrogens is 1. The maximum atomic E-state index is 5.90. The van der Waals surface area contributed by atoms with E-state index in [1.807, 2.05) is 18.2 Å². The maximum Gasteiger partial charge on any atom is 0.138 e. The zero-order chi connectivity index (χ0) is 19.7. The van der Waals surface area contributed by atoms with Crippen LogP contribution in [-0.2, 0) is 13.2 Å². The lowest BCUT2D eigenvalue weighted by molar-refractivity contribution is -0.702. The van der Waals surface area contributed by atoms with E-state index in [0.29, 0.717) is 6.61 Å². The van der Waals surface area contributed by atoms with Crippen molar-refractivity contribution in [3.63, 3.8) is 0 Å². The molecule has 0 aromatic heterocycles. The molecule has 4 rings (SSSR count). The molecule has 0 bridgehead atoms. The molecule has 0 amide bonds. The van der Waals surface area contributed by atoms with Gasteiger partial charge in [-0.15, -0.1) is 0 Å². The average molecular weight is 381 g/mol. The molecule has 0 radical (unpaired) electrons. The highest BCUT2D eigenvalue weighted by Crippen LogP contribution is 2.18. The Balaban J connectivity index is 1.40. The molecule has 4 aromatic rings. The van der Waals surface area contributed by atoms with Crippen LogP contribution in [0.4, 0.5) is 0 Å². The van der Waals surface area contributed by atoms with E-state index in [0.717, 1.165) is 12.3 Å². The molecule has 0 aliphatic rings. The molecule has 0 atom stereocenters. The van der Waals surface area contributed by atoms with Crippen LogP contribution in [0.25, 0.3) is 0 Å². The van der Waals surface area contributed by atoms with Gasteiger partial charge in [0.25, 0.3) is 0 Å². The van der Waals surface area contributed by atoms with E-state index in [1.165, 1.54) is 22.3 Å². The van der Waals surface area contributed by atoms with Gasteiger partial charge in [0.2, 0.25) is 0 Å². The predicted molar refractivity (Wildman–Crippen MR) is 118 cm³/mol. The van der Waals surface area contributed by atoms with Crippen LogP contribution < -0.4 is 10.1 Å². The Morgan fingerprint density at radius 3 is 1.62 bits per heavy atom. The van der Waals surface area contributed by atoms with E-state index in [1.54, 1.807) is 0 Å². The van der Waals surface area contributed by atoms with Gasteiger partial charge in [-0.2, -0.15) is 0 Å². The lowest BCUT2D eigenvalue weighted by Crippen LogP contribution is -2.83. The first kappa shape index (κ1) is 19.0. The van der Waals surface area contributed by atoms with Crippen molar-refractivity contribution >= 4 is 0 Å². The first-order chi connectivity index (χ1) is 14.4. The summed E-state index contributed by atoms with van der Waals surface area (Å²) in [6.07, 6.45) is 0. The molecule has 4 aromatic carbocycles. The van der Waals surface area contributed by atoms with Crippen LogP contribution in [0.2, 0.25) is 0 Å². The van der Waals surface area contributed by atoms with Gasteiger partial charge in [-0.25, -0.2) is 0 Å². The summed E-state index contributed by atoms with van der Waals surface area (Å²) in [5.74, 6) is 0.903. The van der Waals surface area contributed by atoms with Gasteiger partial charge in [-0.1, -0.05) is 91.0 Å². The van der Waals surface area contributed by atoms with E-state index in [4.69, 9.17) is 4.74 Å². The minimum Gasteiger partial charge on any atom is -0.489 e. The molecule has 0 saturated heterocycles. The van der Waals surface area contributed by atoms with Crippen molar-refractivity contribution in [2.75, 3.05) is 0 Å². The SMILES string of the molecule is c1ccc(COc2ccc(C[NH2+]C(c3ccccc3)c3ccccc3)cc2)cc1. The Bertz CT molecular complexity index is 943. The Hall–Kier alpha value is -3.36. The monoisotopic (exact) mass is 380 g/mol. The summed E-state index contributed by atoms with van der Waals surface area (Å²) >= 11 is 0. The standard InChI is InChI=1S/C27H25NO/c1-4-10-23(11-5-1)21-29-26-18-16-22(17-19-26)20-28-27(24-12-6-2-7-13-24)25-14-8-3-9-15-25/h1-19,27-28H,20-21H2/p+1. The van der Waals surface area contributed by atoms with Gasteiger partial charge in [0.15, 0.2) is 0 Å². The molecule has 2 nitrogen and oxygen atoms in total. The molecule has 2 heteroatoms. The van der Waals surface area contributed by atoms with Gasteiger partial charge < -0.3 is 10.1 Å². The van der Waals surface area contributed by atoms with Crippen molar-refractivity contribution in [3.05, 3.63) is 138 Å². The quantitative estimate of drug-likeness (QED) is 0.451. The summed E-state index contributed by atoms with van der Waals surface area (Å²) in [6, 6.07) is 40.4. The van der Waals surface area contributed by atoms with Crippen molar-refractivity contribution in [2.45, 2.75) is 19.2 Å². The molecule has 0 saturated carbocycles. The lowest BCUT2D eigenvalue weighted by Gasteiger charge is -2.17. The Morgan fingerprint density at radius 2 is 1.07 bits per heavy atom. The highest BCUT2D eigenvalue weighted by atomic mass is 16.5. The topological polar surface area (TPSA) is 25.8 Å². The third-order valence-corrected chi connectivity index (χ3v) is 5.08. The van der Waals surface area contributed by atoms with Crippen LogP contribution in [0, 0.1) is 0 Å². The van der Waals surface area contributed by atoms with Gasteiger partial charge in [0.1, 0.15) is 24.9 Å². The molecule has 2 N–H and O–H groups in total. The molecule has 0 aliphatic heterocycles. The Kier molecular flexibility index (Phi) is 6.36. The van der Waals surface area contributed by atoms with E-state index in [9.17, 15) is 0 Å². The molecule has 0 aliphatic carbocycles. The van der Waals surface area contributed by atoms with Crippen molar-refractivity contribution in [1.29, 1.82) is 0 Å². The molecule has 0 unspecified atom stereocenters. The summed E-state index contributed by atoms with van der Waals surface area (Å²) < 4.78 is 5.90. The van der Waals surface area contributed by atoms with E-state index in [2.05, 4.69) is 102 Å². The van der Waals surface area contributed by atoms with E-state index < -0.39 is 0 Å². The number of rotatable bonds is 8. The van der Waals surface area contributed by atoms with Crippen LogP contribution in [0.15, 0.2) is 115 Å². The lowest BCUT2D eigenvalue weighted by atomic mass is 9.98. The van der Waals surface area contributed by atoms with Gasteiger partial charge in [0.05, 0.1) is 0 Å². The fraction of sp³-hybridized carbons (Fsp3) is 0.111. The molecule has 144 valence electrons. The second kappa shape index (κ2) is 9.72. The summed E-state index contributed by atoms with van der Waals surface area (Å²) in [5.41, 5.74) is 5.11. The average Bonchev–Trinajstić information content (AvgIpc) is 2.81. The van der Waals surface area contributed by atoms with Crippen LogP contribution in [-0.4, -0.2) is 0 Å². The Labute approximate surface area is 172 Å². The zero-order valence-corrected chi connectivity index (χ0v) is 16.4. The van der Waals surface area contributed by atoms with Crippen molar-refractivity contribution in [3.8, 4) is 5.75 Å².